The van der Waals surface area contributed by atoms with E-state index in [9.17, 15) is 0 Å². The Balaban J connectivity index is 2.30. The Morgan fingerprint density at radius 2 is 1.89 bits per heavy atom. The van der Waals surface area contributed by atoms with E-state index in [-0.39, 0.29) is 0 Å². The summed E-state index contributed by atoms with van der Waals surface area (Å²) in [5, 5.41) is 10.7. The molecule has 0 atom stereocenters. The fourth-order valence-electron chi connectivity index (χ4n) is 2.32. The highest BCUT2D eigenvalue weighted by Gasteiger charge is 2.10. The molecule has 0 saturated carbocycles. The summed E-state index contributed by atoms with van der Waals surface area (Å²) in [6, 6.07) is 18.1. The molecule has 0 fully saturated rings. The second-order valence-electron chi connectivity index (χ2n) is 4.36. The van der Waals surface area contributed by atoms with Crippen molar-refractivity contribution < 1.29 is 0 Å². The van der Waals surface area contributed by atoms with Crippen molar-refractivity contribution in [2.24, 2.45) is 0 Å². The second kappa shape index (κ2) is 4.79. The molecule has 1 aromatic heterocycles. The van der Waals surface area contributed by atoms with Crippen molar-refractivity contribution >= 4 is 22.5 Å². The van der Waals surface area contributed by atoms with Gasteiger partial charge < -0.3 is 4.57 Å². The van der Waals surface area contributed by atoms with Gasteiger partial charge in [0.25, 0.3) is 0 Å². The summed E-state index contributed by atoms with van der Waals surface area (Å²) in [6.07, 6.45) is 2.01. The van der Waals surface area contributed by atoms with Gasteiger partial charge in [-0.3, -0.25) is 0 Å². The molecule has 0 bridgehead atoms. The maximum atomic E-state index is 8.92. The zero-order chi connectivity index (χ0) is 13.2. The molecular formula is C16H11ClN2. The van der Waals surface area contributed by atoms with Crippen LogP contribution >= 0.6 is 11.6 Å². The van der Waals surface area contributed by atoms with Gasteiger partial charge in [-0.2, -0.15) is 5.26 Å². The molecule has 2 aromatic carbocycles. The molecule has 92 valence electrons. The van der Waals surface area contributed by atoms with Crippen molar-refractivity contribution in [3.63, 3.8) is 0 Å². The second-order valence-corrected chi connectivity index (χ2v) is 4.79. The number of fused-ring (bicyclic) bond motifs is 1. The number of nitriles is 1. The molecule has 19 heavy (non-hydrogen) atoms. The first-order valence-corrected chi connectivity index (χ1v) is 6.38. The van der Waals surface area contributed by atoms with Crippen LogP contribution in [0.1, 0.15) is 0 Å². The van der Waals surface area contributed by atoms with E-state index < -0.39 is 0 Å². The zero-order valence-corrected chi connectivity index (χ0v) is 10.9. The Morgan fingerprint density at radius 1 is 1.11 bits per heavy atom. The molecule has 3 aromatic rings. The highest BCUT2D eigenvalue weighted by Crippen LogP contribution is 2.32. The molecule has 0 unspecified atom stereocenters. The maximum absolute atomic E-state index is 8.92. The summed E-state index contributed by atoms with van der Waals surface area (Å²) in [5.74, 6) is 0. The average Bonchev–Trinajstić information content (AvgIpc) is 2.78. The van der Waals surface area contributed by atoms with Gasteiger partial charge in [0.15, 0.2) is 0 Å². The molecule has 0 amide bonds. The number of rotatable bonds is 2. The van der Waals surface area contributed by atoms with Crippen LogP contribution in [0.3, 0.4) is 0 Å². The normalized spacial score (nSPS) is 10.5. The fraction of sp³-hybridized carbons (Fsp3) is 0.0625. The molecule has 0 aliphatic rings. The topological polar surface area (TPSA) is 28.7 Å². The lowest BCUT2D eigenvalue weighted by Crippen LogP contribution is -1.91. The first-order chi connectivity index (χ1) is 9.29. The summed E-state index contributed by atoms with van der Waals surface area (Å²) in [4.78, 5) is 0. The number of halogens is 1. The van der Waals surface area contributed by atoms with Crippen LogP contribution in [-0.2, 0) is 6.54 Å². The van der Waals surface area contributed by atoms with Crippen LogP contribution in [0.25, 0.3) is 22.0 Å². The minimum absolute atomic E-state index is 0.338. The quantitative estimate of drug-likeness (QED) is 0.672. The molecule has 1 heterocycles. The minimum Gasteiger partial charge on any atom is -0.333 e. The fourth-order valence-corrected chi connectivity index (χ4v) is 2.50. The Kier molecular flexibility index (Phi) is 2.98. The highest BCUT2D eigenvalue weighted by atomic mass is 35.5. The zero-order valence-electron chi connectivity index (χ0n) is 10.2. The van der Waals surface area contributed by atoms with Crippen molar-refractivity contribution in [1.29, 1.82) is 5.26 Å². The molecule has 0 aliphatic heterocycles. The number of aromatic nitrogens is 1. The van der Waals surface area contributed by atoms with Crippen LogP contribution in [0.2, 0.25) is 5.02 Å². The van der Waals surface area contributed by atoms with Gasteiger partial charge in [-0.25, -0.2) is 0 Å². The van der Waals surface area contributed by atoms with Gasteiger partial charge in [0.2, 0.25) is 0 Å². The third-order valence-corrected chi connectivity index (χ3v) is 3.40. The maximum Gasteiger partial charge on any atom is 0.110 e. The molecule has 2 nitrogen and oxygen atoms in total. The number of hydrogen-bond donors (Lipinski definition) is 0. The van der Waals surface area contributed by atoms with E-state index in [0.29, 0.717) is 11.6 Å². The molecule has 0 N–H and O–H groups in total. The predicted octanol–water partition coefficient (Wildman–Crippen LogP) is 4.49. The first-order valence-electron chi connectivity index (χ1n) is 6.00. The summed E-state index contributed by atoms with van der Waals surface area (Å²) in [5.41, 5.74) is 3.27. The van der Waals surface area contributed by atoms with Crippen molar-refractivity contribution in [2.45, 2.75) is 6.54 Å². The summed E-state index contributed by atoms with van der Waals surface area (Å²) >= 11 is 6.09. The van der Waals surface area contributed by atoms with Gasteiger partial charge in [0.05, 0.1) is 6.07 Å². The molecule has 0 spiro atoms. The van der Waals surface area contributed by atoms with Gasteiger partial charge in [-0.1, -0.05) is 41.9 Å². The lowest BCUT2D eigenvalue weighted by Gasteiger charge is -1.99. The van der Waals surface area contributed by atoms with Gasteiger partial charge >= 0.3 is 0 Å². The Bertz CT molecular complexity index is 767. The van der Waals surface area contributed by atoms with Gasteiger partial charge in [-0.05, 0) is 23.8 Å². The van der Waals surface area contributed by atoms with E-state index in [1.165, 1.54) is 0 Å². The SMILES string of the molecule is N#CCn1cc(-c2ccccc2)c2cc(Cl)ccc21. The largest absolute Gasteiger partial charge is 0.333 e. The van der Waals surface area contributed by atoms with Crippen LogP contribution < -0.4 is 0 Å². The first kappa shape index (κ1) is 11.8. The Hall–Kier alpha value is -2.24. The van der Waals surface area contributed by atoms with E-state index in [1.807, 2.05) is 47.2 Å². The van der Waals surface area contributed by atoms with Crippen LogP contribution in [0.5, 0.6) is 0 Å². The van der Waals surface area contributed by atoms with Crippen LogP contribution in [0, 0.1) is 11.3 Å². The molecule has 3 heteroatoms. The molecule has 0 aliphatic carbocycles. The van der Waals surface area contributed by atoms with E-state index in [1.54, 1.807) is 0 Å². The van der Waals surface area contributed by atoms with Crippen molar-refractivity contribution in [2.75, 3.05) is 0 Å². The van der Waals surface area contributed by atoms with E-state index in [0.717, 1.165) is 22.0 Å². The number of hydrogen-bond acceptors (Lipinski definition) is 1. The monoisotopic (exact) mass is 266 g/mol. The Labute approximate surface area is 116 Å². The molecule has 3 rings (SSSR count). The van der Waals surface area contributed by atoms with Crippen molar-refractivity contribution in [3.05, 3.63) is 59.8 Å². The summed E-state index contributed by atoms with van der Waals surface area (Å²) in [6.45, 7) is 0.338. The lowest BCUT2D eigenvalue weighted by atomic mass is 10.1. The molecule has 0 radical (unpaired) electrons. The van der Waals surface area contributed by atoms with Gasteiger partial charge in [-0.15, -0.1) is 0 Å². The third kappa shape index (κ3) is 2.09. The van der Waals surface area contributed by atoms with E-state index >= 15 is 0 Å². The van der Waals surface area contributed by atoms with Crippen LogP contribution in [0.15, 0.2) is 54.7 Å². The Morgan fingerprint density at radius 3 is 2.63 bits per heavy atom. The summed E-state index contributed by atoms with van der Waals surface area (Å²) < 4.78 is 1.95. The van der Waals surface area contributed by atoms with Gasteiger partial charge in [0, 0.05) is 27.7 Å². The molecule has 0 saturated heterocycles. The van der Waals surface area contributed by atoms with Crippen LogP contribution in [0.4, 0.5) is 0 Å². The minimum atomic E-state index is 0.338. The van der Waals surface area contributed by atoms with Gasteiger partial charge in [0.1, 0.15) is 6.54 Å². The smallest absolute Gasteiger partial charge is 0.110 e. The van der Waals surface area contributed by atoms with Crippen LogP contribution in [-0.4, -0.2) is 4.57 Å². The van der Waals surface area contributed by atoms with Crippen molar-refractivity contribution in [3.8, 4) is 17.2 Å². The average molecular weight is 267 g/mol. The summed E-state index contributed by atoms with van der Waals surface area (Å²) in [7, 11) is 0. The third-order valence-electron chi connectivity index (χ3n) is 3.17. The lowest BCUT2D eigenvalue weighted by molar-refractivity contribution is 0.875. The van der Waals surface area contributed by atoms with E-state index in [2.05, 4.69) is 18.2 Å². The van der Waals surface area contributed by atoms with Crippen molar-refractivity contribution in [1.82, 2.24) is 4.57 Å². The van der Waals surface area contributed by atoms with E-state index in [4.69, 9.17) is 16.9 Å². The standard InChI is InChI=1S/C16H11ClN2/c17-13-6-7-16-14(10-13)15(11-19(16)9-8-18)12-4-2-1-3-5-12/h1-7,10-11H,9H2. The number of benzene rings is 2. The predicted molar refractivity (Wildman–Crippen MR) is 78.0 cm³/mol. The number of nitrogens with zero attached hydrogens (tertiary/aromatic N) is 2. The highest BCUT2D eigenvalue weighted by molar-refractivity contribution is 6.31. The molecular weight excluding hydrogens is 256 g/mol.